The van der Waals surface area contributed by atoms with Crippen LogP contribution in [-0.4, -0.2) is 16.5 Å². The molecule has 0 radical (unpaired) electrons. The number of nitrogens with zero attached hydrogens (tertiary/aromatic N) is 2. The van der Waals surface area contributed by atoms with Crippen LogP contribution in [0.25, 0.3) is 0 Å². The largest absolute Gasteiger partial charge is 0.454 e. The Morgan fingerprint density at radius 1 is 1.05 bits per heavy atom. The van der Waals surface area contributed by atoms with Crippen molar-refractivity contribution in [3.8, 4) is 11.5 Å². The second kappa shape index (κ2) is 5.36. The van der Waals surface area contributed by atoms with Gasteiger partial charge in [-0.25, -0.2) is 9.97 Å². The molecule has 0 bridgehead atoms. The molecule has 1 heterocycles. The van der Waals surface area contributed by atoms with E-state index in [1.54, 1.807) is 12.4 Å². The topological polar surface area (TPSA) is 61.0 Å². The molecule has 1 fully saturated rings. The highest BCUT2D eigenvalue weighted by Gasteiger charge is 2.26. The molecule has 2 N–H and O–H groups in total. The third-order valence-corrected chi connectivity index (χ3v) is 3.18. The fourth-order valence-electron chi connectivity index (χ4n) is 1.96. The molecule has 2 aromatic rings. The van der Waals surface area contributed by atoms with E-state index in [1.807, 2.05) is 24.3 Å². The van der Waals surface area contributed by atoms with Crippen LogP contribution in [0, 0.1) is 0 Å². The summed E-state index contributed by atoms with van der Waals surface area (Å²) in [6.07, 6.45) is 6.80. The third-order valence-electron chi connectivity index (χ3n) is 3.18. The third kappa shape index (κ3) is 3.09. The van der Waals surface area contributed by atoms with Gasteiger partial charge in [-0.15, -0.1) is 0 Å². The van der Waals surface area contributed by atoms with Gasteiger partial charge in [0.2, 0.25) is 0 Å². The minimum absolute atomic E-state index is 0.574. The highest BCUT2D eigenvalue weighted by atomic mass is 16.5. The highest BCUT2D eigenvalue weighted by Crippen LogP contribution is 2.38. The highest BCUT2D eigenvalue weighted by molar-refractivity contribution is 5.31. The predicted molar refractivity (Wildman–Crippen MR) is 73.3 cm³/mol. The summed E-state index contributed by atoms with van der Waals surface area (Å²) in [5.74, 6) is 2.98. The quantitative estimate of drug-likeness (QED) is 0.892. The average molecular weight is 255 g/mol. The Bertz CT molecular complexity index is 532. The first-order valence-corrected chi connectivity index (χ1v) is 6.64. The maximum Gasteiger partial charge on any atom is 0.164 e. The lowest BCUT2D eigenvalue weighted by Gasteiger charge is -2.06. The van der Waals surface area contributed by atoms with E-state index in [-0.39, 0.29) is 0 Å². The summed E-state index contributed by atoms with van der Waals surface area (Å²) in [6.45, 7) is 0.663. The number of ether oxygens (including phenoxy) is 1. The van der Waals surface area contributed by atoms with Gasteiger partial charge < -0.3 is 10.5 Å². The molecule has 0 aliphatic heterocycles. The minimum atomic E-state index is 0.574. The Morgan fingerprint density at radius 2 is 1.74 bits per heavy atom. The monoisotopic (exact) mass is 255 g/mol. The van der Waals surface area contributed by atoms with E-state index in [4.69, 9.17) is 10.5 Å². The van der Waals surface area contributed by atoms with Gasteiger partial charge in [0, 0.05) is 5.92 Å². The minimum Gasteiger partial charge on any atom is -0.454 e. The molecule has 0 amide bonds. The van der Waals surface area contributed by atoms with Crippen LogP contribution >= 0.6 is 0 Å². The first kappa shape index (κ1) is 12.1. The van der Waals surface area contributed by atoms with Crippen molar-refractivity contribution < 1.29 is 4.74 Å². The molecule has 1 saturated carbocycles. The number of nitrogens with two attached hydrogens (primary N) is 1. The number of aromatic nitrogens is 2. The Hall–Kier alpha value is -1.94. The summed E-state index contributed by atoms with van der Waals surface area (Å²) in [5.41, 5.74) is 6.74. The van der Waals surface area contributed by atoms with Crippen molar-refractivity contribution in [1.29, 1.82) is 0 Å². The molecule has 3 rings (SSSR count). The molecule has 0 saturated heterocycles. The molecule has 4 nitrogen and oxygen atoms in total. The lowest BCUT2D eigenvalue weighted by molar-refractivity contribution is 0.476. The molecule has 1 aliphatic rings. The zero-order chi connectivity index (χ0) is 13.1. The standard InChI is InChI=1S/C15H17N3O/c16-8-7-11-1-5-13(6-2-11)19-14-9-17-15(18-10-14)12-3-4-12/h1-2,5-6,9-10,12H,3-4,7-8,16H2. The Kier molecular flexibility index (Phi) is 3.42. The van der Waals surface area contributed by atoms with Gasteiger partial charge in [0.1, 0.15) is 11.6 Å². The Labute approximate surface area is 112 Å². The summed E-state index contributed by atoms with van der Waals surface area (Å²) < 4.78 is 5.71. The van der Waals surface area contributed by atoms with Gasteiger partial charge in [0.25, 0.3) is 0 Å². The molecule has 1 aromatic carbocycles. The zero-order valence-corrected chi connectivity index (χ0v) is 10.7. The van der Waals surface area contributed by atoms with Gasteiger partial charge in [0.05, 0.1) is 12.4 Å². The Balaban J connectivity index is 1.66. The van der Waals surface area contributed by atoms with Gasteiger partial charge in [-0.1, -0.05) is 12.1 Å². The number of hydrogen-bond donors (Lipinski definition) is 1. The van der Waals surface area contributed by atoms with E-state index in [0.717, 1.165) is 18.0 Å². The van der Waals surface area contributed by atoms with E-state index in [9.17, 15) is 0 Å². The van der Waals surface area contributed by atoms with Gasteiger partial charge in [-0.05, 0) is 43.5 Å². The van der Waals surface area contributed by atoms with Crippen LogP contribution in [0.15, 0.2) is 36.7 Å². The number of rotatable bonds is 5. The molecule has 0 unspecified atom stereocenters. The van der Waals surface area contributed by atoms with Crippen molar-refractivity contribution in [2.45, 2.75) is 25.2 Å². The van der Waals surface area contributed by atoms with Crippen molar-refractivity contribution in [3.05, 3.63) is 48.0 Å². The summed E-state index contributed by atoms with van der Waals surface area (Å²) >= 11 is 0. The molecule has 1 aliphatic carbocycles. The summed E-state index contributed by atoms with van der Waals surface area (Å²) in [7, 11) is 0. The van der Waals surface area contributed by atoms with E-state index < -0.39 is 0 Å². The van der Waals surface area contributed by atoms with Crippen molar-refractivity contribution >= 4 is 0 Å². The van der Waals surface area contributed by atoms with Crippen molar-refractivity contribution in [2.75, 3.05) is 6.54 Å². The molecule has 0 atom stereocenters. The summed E-state index contributed by atoms with van der Waals surface area (Å²) in [4.78, 5) is 8.66. The number of hydrogen-bond acceptors (Lipinski definition) is 4. The molecule has 4 heteroatoms. The van der Waals surface area contributed by atoms with Gasteiger partial charge in [0.15, 0.2) is 5.75 Å². The molecule has 19 heavy (non-hydrogen) atoms. The SMILES string of the molecule is NCCc1ccc(Oc2cnc(C3CC3)nc2)cc1. The smallest absolute Gasteiger partial charge is 0.164 e. The van der Waals surface area contributed by atoms with Crippen LogP contribution in [0.2, 0.25) is 0 Å². The van der Waals surface area contributed by atoms with Crippen molar-refractivity contribution in [3.63, 3.8) is 0 Å². The van der Waals surface area contributed by atoms with Gasteiger partial charge in [-0.3, -0.25) is 0 Å². The lowest BCUT2D eigenvalue weighted by Crippen LogP contribution is -2.02. The zero-order valence-electron chi connectivity index (χ0n) is 10.7. The molecule has 1 aromatic heterocycles. The maximum atomic E-state index is 5.71. The average Bonchev–Trinajstić information content (AvgIpc) is 3.27. The van der Waals surface area contributed by atoms with E-state index in [0.29, 0.717) is 18.2 Å². The summed E-state index contributed by atoms with van der Waals surface area (Å²) in [6, 6.07) is 7.95. The fraction of sp³-hybridized carbons (Fsp3) is 0.333. The van der Waals surface area contributed by atoms with Crippen LogP contribution < -0.4 is 10.5 Å². The molecular weight excluding hydrogens is 238 g/mol. The van der Waals surface area contributed by atoms with Crippen LogP contribution in [0.5, 0.6) is 11.5 Å². The van der Waals surface area contributed by atoms with Crippen LogP contribution in [0.1, 0.15) is 30.1 Å². The maximum absolute atomic E-state index is 5.71. The Morgan fingerprint density at radius 3 is 2.32 bits per heavy atom. The van der Waals surface area contributed by atoms with E-state index >= 15 is 0 Å². The van der Waals surface area contributed by atoms with Gasteiger partial charge >= 0.3 is 0 Å². The number of benzene rings is 1. The lowest BCUT2D eigenvalue weighted by atomic mass is 10.1. The van der Waals surface area contributed by atoms with E-state index in [2.05, 4.69) is 9.97 Å². The van der Waals surface area contributed by atoms with E-state index in [1.165, 1.54) is 18.4 Å². The van der Waals surface area contributed by atoms with Crippen LogP contribution in [0.4, 0.5) is 0 Å². The fourth-order valence-corrected chi connectivity index (χ4v) is 1.96. The van der Waals surface area contributed by atoms with Crippen LogP contribution in [-0.2, 0) is 6.42 Å². The second-order valence-electron chi connectivity index (χ2n) is 4.84. The molecule has 0 spiro atoms. The van der Waals surface area contributed by atoms with Gasteiger partial charge in [-0.2, -0.15) is 0 Å². The molecular formula is C15H17N3O. The van der Waals surface area contributed by atoms with Crippen molar-refractivity contribution in [1.82, 2.24) is 9.97 Å². The van der Waals surface area contributed by atoms with Crippen LogP contribution in [0.3, 0.4) is 0 Å². The molecule has 98 valence electrons. The second-order valence-corrected chi connectivity index (χ2v) is 4.84. The first-order chi connectivity index (χ1) is 9.35. The predicted octanol–water partition coefficient (Wildman–Crippen LogP) is 2.65. The first-order valence-electron chi connectivity index (χ1n) is 6.64. The van der Waals surface area contributed by atoms with Crippen molar-refractivity contribution in [2.24, 2.45) is 5.73 Å². The summed E-state index contributed by atoms with van der Waals surface area (Å²) in [5, 5.41) is 0. The normalized spacial score (nSPS) is 14.4.